The van der Waals surface area contributed by atoms with Gasteiger partial charge in [-0.05, 0) is 27.7 Å². The van der Waals surface area contributed by atoms with Gasteiger partial charge in [-0.2, -0.15) is 0 Å². The molecule has 0 aromatic carbocycles. The van der Waals surface area contributed by atoms with E-state index in [1.165, 1.54) is 0 Å². The molecule has 4 heterocycles. The summed E-state index contributed by atoms with van der Waals surface area (Å²) in [6, 6.07) is 0. The van der Waals surface area contributed by atoms with Crippen molar-refractivity contribution in [2.24, 2.45) is 0 Å². The summed E-state index contributed by atoms with van der Waals surface area (Å²) < 4.78 is 6.83. The van der Waals surface area contributed by atoms with Crippen LogP contribution >= 0.6 is 47.0 Å². The third kappa shape index (κ3) is 1.46. The molecule has 4 saturated heterocycles. The van der Waals surface area contributed by atoms with Gasteiger partial charge in [-0.1, -0.05) is 35.3 Å². The van der Waals surface area contributed by atoms with Crippen LogP contribution in [0.4, 0.5) is 0 Å². The van der Waals surface area contributed by atoms with E-state index in [0.717, 1.165) is 6.42 Å². The van der Waals surface area contributed by atoms with Gasteiger partial charge in [0.25, 0.3) is 0 Å². The Labute approximate surface area is 102 Å². The van der Waals surface area contributed by atoms with Gasteiger partial charge in [0.15, 0.2) is 4.27 Å². The van der Waals surface area contributed by atoms with Gasteiger partial charge in [-0.15, -0.1) is 11.8 Å². The molecule has 0 N–H and O–H groups in total. The van der Waals surface area contributed by atoms with Crippen molar-refractivity contribution in [3.05, 3.63) is 0 Å². The molecule has 0 amide bonds. The molecule has 4 rings (SSSR count). The summed E-state index contributed by atoms with van der Waals surface area (Å²) in [6.07, 6.45) is 1.16. The average molecular weight is 266 g/mol. The van der Waals surface area contributed by atoms with Crippen LogP contribution in [0.1, 0.15) is 34.1 Å². The summed E-state index contributed by atoms with van der Waals surface area (Å²) >= 11 is 8.09. The van der Waals surface area contributed by atoms with E-state index in [1.807, 2.05) is 35.3 Å². The van der Waals surface area contributed by atoms with E-state index in [-0.39, 0.29) is 9.20 Å². The summed E-state index contributed by atoms with van der Waals surface area (Å²) in [6.45, 7) is 9.21. The molecular formula is C9H14OS4. The highest BCUT2D eigenvalue weighted by Gasteiger charge is 2.66. The molecule has 4 atom stereocenters. The second kappa shape index (κ2) is 2.61. The molecular weight excluding hydrogens is 252 g/mol. The Morgan fingerprint density at radius 1 is 0.929 bits per heavy atom. The molecule has 0 aliphatic carbocycles. The van der Waals surface area contributed by atoms with Gasteiger partial charge in [0.1, 0.15) is 8.34 Å². The first kappa shape index (κ1) is 10.5. The van der Waals surface area contributed by atoms with Gasteiger partial charge >= 0.3 is 0 Å². The summed E-state index contributed by atoms with van der Waals surface area (Å²) in [7, 11) is 0. The lowest BCUT2D eigenvalue weighted by molar-refractivity contribution is -0.00981. The number of rotatable bonds is 0. The first-order valence-electron chi connectivity index (χ1n) is 4.75. The molecule has 0 spiro atoms. The Morgan fingerprint density at radius 3 is 2.14 bits per heavy atom. The van der Waals surface area contributed by atoms with Crippen LogP contribution in [0.25, 0.3) is 0 Å². The van der Waals surface area contributed by atoms with E-state index in [2.05, 4.69) is 39.5 Å². The lowest BCUT2D eigenvalue weighted by Gasteiger charge is -2.64. The molecule has 80 valence electrons. The van der Waals surface area contributed by atoms with Crippen LogP contribution in [-0.2, 0) is 4.74 Å². The molecule has 5 heteroatoms. The van der Waals surface area contributed by atoms with Crippen molar-refractivity contribution in [2.75, 3.05) is 0 Å². The van der Waals surface area contributed by atoms with Crippen molar-refractivity contribution >= 4 is 47.0 Å². The number of ether oxygens (including phenoxy) is 1. The molecule has 0 saturated carbocycles. The average Bonchev–Trinajstić information content (AvgIpc) is 1.67. The summed E-state index contributed by atoms with van der Waals surface area (Å²) in [5, 5.41) is 0. The third-order valence-corrected chi connectivity index (χ3v) is 8.95. The highest BCUT2D eigenvalue weighted by Crippen LogP contribution is 2.79. The van der Waals surface area contributed by atoms with Gasteiger partial charge in [0.05, 0.1) is 4.08 Å². The van der Waals surface area contributed by atoms with Gasteiger partial charge < -0.3 is 4.74 Å². The van der Waals surface area contributed by atoms with E-state index in [0.29, 0.717) is 7.49 Å². The topological polar surface area (TPSA) is 9.23 Å². The normalized spacial score (nSPS) is 66.0. The van der Waals surface area contributed by atoms with Crippen molar-refractivity contribution in [3.63, 3.8) is 0 Å². The van der Waals surface area contributed by atoms with Gasteiger partial charge in [-0.3, -0.25) is 0 Å². The third-order valence-electron chi connectivity index (χ3n) is 2.62. The molecule has 14 heavy (non-hydrogen) atoms. The van der Waals surface area contributed by atoms with Crippen LogP contribution in [0, 0.1) is 0 Å². The zero-order chi connectivity index (χ0) is 10.2. The standard InChI is InChI=1S/C9H14OS4/c1-6-5-7(2)12-8(3,10-6)14-9(4,11-6)13-7/h5H2,1-4H3/t6-,7+,8-,9+/m0/s1. The molecule has 4 aliphatic heterocycles. The maximum absolute atomic E-state index is 6.20. The lowest BCUT2D eigenvalue weighted by Crippen LogP contribution is -2.58. The maximum Gasteiger partial charge on any atom is 0.162 e. The quantitative estimate of drug-likeness (QED) is 0.649. The second-order valence-electron chi connectivity index (χ2n) is 4.68. The minimum absolute atomic E-state index is 0.0208. The Balaban J connectivity index is 2.08. The predicted octanol–water partition coefficient (Wildman–Crippen LogP) is 4.15. The second-order valence-corrected chi connectivity index (χ2v) is 13.5. The minimum Gasteiger partial charge on any atom is -0.338 e. The Bertz CT molecular complexity index is 210. The van der Waals surface area contributed by atoms with Crippen molar-refractivity contribution < 1.29 is 4.74 Å². The van der Waals surface area contributed by atoms with E-state index >= 15 is 0 Å². The zero-order valence-electron chi connectivity index (χ0n) is 8.75. The van der Waals surface area contributed by atoms with E-state index in [9.17, 15) is 0 Å². The lowest BCUT2D eigenvalue weighted by atomic mass is 10.2. The Morgan fingerprint density at radius 2 is 1.64 bits per heavy atom. The first-order valence-corrected chi connectivity index (χ1v) is 8.01. The monoisotopic (exact) mass is 266 g/mol. The smallest absolute Gasteiger partial charge is 0.162 e. The van der Waals surface area contributed by atoms with Crippen molar-refractivity contribution in [1.29, 1.82) is 0 Å². The first-order chi connectivity index (χ1) is 6.24. The highest BCUT2D eigenvalue weighted by molar-refractivity contribution is 8.44. The number of thioether (sulfide) groups is 4. The molecule has 4 aliphatic rings. The zero-order valence-corrected chi connectivity index (χ0v) is 12.0. The van der Waals surface area contributed by atoms with Crippen LogP contribution in [0.5, 0.6) is 0 Å². The van der Waals surface area contributed by atoms with Crippen LogP contribution < -0.4 is 0 Å². The number of hydrogen-bond acceptors (Lipinski definition) is 5. The van der Waals surface area contributed by atoms with Crippen LogP contribution in [0.3, 0.4) is 0 Å². The van der Waals surface area contributed by atoms with Gasteiger partial charge in [0.2, 0.25) is 0 Å². The largest absolute Gasteiger partial charge is 0.338 e. The highest BCUT2D eigenvalue weighted by atomic mass is 32.3. The SMILES string of the molecule is C[C@@]12C[C@@]3(C)O[C@@](C)(S1)S[C@@](C)(S2)S3. The fraction of sp³-hybridized carbons (Fsp3) is 1.00. The fourth-order valence-electron chi connectivity index (χ4n) is 2.80. The Hall–Kier alpha value is 1.36. The maximum atomic E-state index is 6.20. The van der Waals surface area contributed by atoms with Crippen molar-refractivity contribution in [1.82, 2.24) is 0 Å². The molecule has 0 aromatic heterocycles. The minimum atomic E-state index is -0.0208. The molecule has 0 aromatic rings. The molecule has 0 unspecified atom stereocenters. The van der Waals surface area contributed by atoms with Gasteiger partial charge in [-0.25, -0.2) is 0 Å². The molecule has 0 radical (unpaired) electrons. The van der Waals surface area contributed by atoms with Crippen molar-refractivity contribution in [3.8, 4) is 0 Å². The van der Waals surface area contributed by atoms with Crippen LogP contribution in [0.2, 0.25) is 0 Å². The van der Waals surface area contributed by atoms with Crippen LogP contribution in [-0.4, -0.2) is 16.7 Å². The van der Waals surface area contributed by atoms with E-state index < -0.39 is 0 Å². The summed E-state index contributed by atoms with van der Waals surface area (Å²) in [5.74, 6) is 0. The van der Waals surface area contributed by atoms with Crippen LogP contribution in [0.15, 0.2) is 0 Å². The fourth-order valence-corrected chi connectivity index (χ4v) is 14.6. The molecule has 4 fully saturated rings. The van der Waals surface area contributed by atoms with Gasteiger partial charge in [0, 0.05) is 6.42 Å². The Kier molecular flexibility index (Phi) is 1.96. The van der Waals surface area contributed by atoms with E-state index in [1.54, 1.807) is 0 Å². The predicted molar refractivity (Wildman–Crippen MR) is 69.7 cm³/mol. The molecule has 4 bridgehead atoms. The van der Waals surface area contributed by atoms with E-state index in [4.69, 9.17) is 4.74 Å². The summed E-state index contributed by atoms with van der Waals surface area (Å²) in [4.78, 5) is 0.0417. The summed E-state index contributed by atoms with van der Waals surface area (Å²) in [5.41, 5.74) is 0. The van der Waals surface area contributed by atoms with Crippen molar-refractivity contribution in [2.45, 2.75) is 50.8 Å². The molecule has 1 nitrogen and oxygen atoms in total. The number of hydrogen-bond donors (Lipinski definition) is 0.